The predicted octanol–water partition coefficient (Wildman–Crippen LogP) is 4.15. The van der Waals surface area contributed by atoms with Gasteiger partial charge in [-0.2, -0.15) is 0 Å². The van der Waals surface area contributed by atoms with E-state index in [4.69, 9.17) is 0 Å². The normalized spacial score (nSPS) is 11.6. The molecule has 2 aromatic rings. The molecule has 0 heterocycles. The smallest absolute Gasteiger partial charge is 0.242 e. The minimum Gasteiger partial charge on any atom is -0.354 e. The third-order valence-corrected chi connectivity index (χ3v) is 5.52. The van der Waals surface area contributed by atoms with Crippen LogP contribution in [0.15, 0.2) is 65.6 Å². The molecule has 0 aliphatic carbocycles. The fraction of sp³-hybridized carbons (Fsp3) is 0.391. The predicted molar refractivity (Wildman–Crippen MR) is 116 cm³/mol. The van der Waals surface area contributed by atoms with Gasteiger partial charge in [-0.15, -0.1) is 11.8 Å². The maximum absolute atomic E-state index is 13.0. The molecule has 0 aliphatic rings. The summed E-state index contributed by atoms with van der Waals surface area (Å²) in [5.74, 6) is 0.273. The molecule has 0 bridgehead atoms. The van der Waals surface area contributed by atoms with Crippen molar-refractivity contribution in [1.82, 2.24) is 10.2 Å². The molecule has 0 fully saturated rings. The highest BCUT2D eigenvalue weighted by molar-refractivity contribution is 8.00. The number of nitrogens with one attached hydrogen (secondary N) is 1. The summed E-state index contributed by atoms with van der Waals surface area (Å²) < 4.78 is 0. The molecule has 1 atom stereocenters. The standard InChI is InChI=1S/C23H30N2O2S/c1-3-16-24-23(27)21(4-2)25(17-15-19-11-7-5-8-12-19)22(26)18-28-20-13-9-6-10-14-20/h5-14,21H,3-4,15-18H2,1-2H3,(H,24,27)/t21-/m1/s1. The Bertz CT molecular complexity index is 722. The lowest BCUT2D eigenvalue weighted by Gasteiger charge is -2.30. The van der Waals surface area contributed by atoms with E-state index in [1.165, 1.54) is 17.3 Å². The third kappa shape index (κ3) is 7.04. The molecule has 2 amide bonds. The number of rotatable bonds is 11. The van der Waals surface area contributed by atoms with Crippen LogP contribution in [0.3, 0.4) is 0 Å². The van der Waals surface area contributed by atoms with Gasteiger partial charge in [-0.05, 0) is 37.0 Å². The first kappa shape index (κ1) is 22.0. The number of hydrogen-bond donors (Lipinski definition) is 1. The second-order valence-electron chi connectivity index (χ2n) is 6.64. The lowest BCUT2D eigenvalue weighted by Crippen LogP contribution is -2.50. The van der Waals surface area contributed by atoms with Gasteiger partial charge in [-0.1, -0.05) is 62.4 Å². The molecule has 0 aromatic heterocycles. The number of carbonyl (C=O) groups is 2. The van der Waals surface area contributed by atoms with Gasteiger partial charge in [0.1, 0.15) is 6.04 Å². The Morgan fingerprint density at radius 2 is 1.64 bits per heavy atom. The zero-order valence-electron chi connectivity index (χ0n) is 16.8. The largest absolute Gasteiger partial charge is 0.354 e. The van der Waals surface area contributed by atoms with E-state index < -0.39 is 6.04 Å². The zero-order chi connectivity index (χ0) is 20.2. The Kier molecular flexibility index (Phi) is 9.63. The van der Waals surface area contributed by atoms with Crippen molar-refractivity contribution in [3.05, 3.63) is 66.2 Å². The molecule has 0 saturated carbocycles. The van der Waals surface area contributed by atoms with Crippen molar-refractivity contribution in [3.63, 3.8) is 0 Å². The van der Waals surface area contributed by atoms with Crippen LogP contribution in [0.5, 0.6) is 0 Å². The minimum absolute atomic E-state index is 0.00304. The van der Waals surface area contributed by atoms with Gasteiger partial charge >= 0.3 is 0 Å². The maximum atomic E-state index is 13.0. The number of hydrogen-bond acceptors (Lipinski definition) is 3. The fourth-order valence-corrected chi connectivity index (χ4v) is 3.81. The van der Waals surface area contributed by atoms with Gasteiger partial charge in [0.25, 0.3) is 0 Å². The van der Waals surface area contributed by atoms with Gasteiger partial charge in [0.05, 0.1) is 5.75 Å². The third-order valence-electron chi connectivity index (χ3n) is 4.52. The first-order chi connectivity index (χ1) is 13.7. The molecule has 0 saturated heterocycles. The SMILES string of the molecule is CCCNC(=O)[C@@H](CC)N(CCc1ccccc1)C(=O)CSc1ccccc1. The highest BCUT2D eigenvalue weighted by Crippen LogP contribution is 2.19. The van der Waals surface area contributed by atoms with E-state index in [2.05, 4.69) is 17.4 Å². The molecule has 0 aliphatic heterocycles. The monoisotopic (exact) mass is 398 g/mol. The summed E-state index contributed by atoms with van der Waals surface area (Å²) in [4.78, 5) is 28.5. The Morgan fingerprint density at radius 1 is 1.00 bits per heavy atom. The van der Waals surface area contributed by atoms with Crippen molar-refractivity contribution >= 4 is 23.6 Å². The highest BCUT2D eigenvalue weighted by Gasteiger charge is 2.27. The van der Waals surface area contributed by atoms with Crippen LogP contribution in [0.25, 0.3) is 0 Å². The van der Waals surface area contributed by atoms with Gasteiger partial charge in [-0.3, -0.25) is 9.59 Å². The first-order valence-electron chi connectivity index (χ1n) is 9.94. The van der Waals surface area contributed by atoms with Crippen molar-refractivity contribution in [2.75, 3.05) is 18.8 Å². The van der Waals surface area contributed by atoms with E-state index in [0.717, 1.165) is 17.7 Å². The van der Waals surface area contributed by atoms with Crippen molar-refractivity contribution in [2.24, 2.45) is 0 Å². The van der Waals surface area contributed by atoms with E-state index in [-0.39, 0.29) is 11.8 Å². The quantitative estimate of drug-likeness (QED) is 0.579. The second-order valence-corrected chi connectivity index (χ2v) is 7.69. The number of carbonyl (C=O) groups excluding carboxylic acids is 2. The summed E-state index contributed by atoms with van der Waals surface area (Å²) in [5, 5.41) is 2.95. The van der Waals surface area contributed by atoms with Crippen LogP contribution in [0.2, 0.25) is 0 Å². The zero-order valence-corrected chi connectivity index (χ0v) is 17.6. The molecule has 4 nitrogen and oxygen atoms in total. The van der Waals surface area contributed by atoms with E-state index in [0.29, 0.717) is 25.3 Å². The topological polar surface area (TPSA) is 49.4 Å². The Morgan fingerprint density at radius 3 is 2.25 bits per heavy atom. The summed E-state index contributed by atoms with van der Waals surface area (Å²) in [6, 6.07) is 19.5. The number of nitrogens with zero attached hydrogens (tertiary/aromatic N) is 1. The van der Waals surface area contributed by atoms with Crippen molar-refractivity contribution < 1.29 is 9.59 Å². The number of amides is 2. The molecule has 5 heteroatoms. The molecule has 2 rings (SSSR count). The Labute approximate surface area is 172 Å². The Hall–Kier alpha value is -2.27. The maximum Gasteiger partial charge on any atom is 0.242 e. The van der Waals surface area contributed by atoms with Crippen molar-refractivity contribution in [2.45, 2.75) is 44.0 Å². The lowest BCUT2D eigenvalue weighted by molar-refractivity contribution is -0.138. The van der Waals surface area contributed by atoms with Crippen LogP contribution in [-0.4, -0.2) is 41.6 Å². The second kappa shape index (κ2) is 12.2. The van der Waals surface area contributed by atoms with Crippen LogP contribution >= 0.6 is 11.8 Å². The van der Waals surface area contributed by atoms with Gasteiger partial charge in [0, 0.05) is 18.0 Å². The van der Waals surface area contributed by atoms with Crippen molar-refractivity contribution in [3.8, 4) is 0 Å². The molecular weight excluding hydrogens is 368 g/mol. The molecule has 0 spiro atoms. The molecule has 0 radical (unpaired) electrons. The summed E-state index contributed by atoms with van der Waals surface area (Å²) in [7, 11) is 0. The van der Waals surface area contributed by atoms with E-state index in [1.807, 2.05) is 62.4 Å². The average molecular weight is 399 g/mol. The number of benzene rings is 2. The number of thioether (sulfide) groups is 1. The summed E-state index contributed by atoms with van der Waals surface area (Å²) >= 11 is 1.51. The summed E-state index contributed by atoms with van der Waals surface area (Å²) in [6.45, 7) is 5.16. The Balaban J connectivity index is 2.08. The van der Waals surface area contributed by atoms with E-state index in [9.17, 15) is 9.59 Å². The molecular formula is C23H30N2O2S. The van der Waals surface area contributed by atoms with Gasteiger partial charge < -0.3 is 10.2 Å². The summed E-state index contributed by atoms with van der Waals surface area (Å²) in [5.41, 5.74) is 1.17. The van der Waals surface area contributed by atoms with E-state index in [1.54, 1.807) is 4.90 Å². The van der Waals surface area contributed by atoms with E-state index >= 15 is 0 Å². The highest BCUT2D eigenvalue weighted by atomic mass is 32.2. The van der Waals surface area contributed by atoms with Crippen LogP contribution in [0.1, 0.15) is 32.3 Å². The van der Waals surface area contributed by atoms with Crippen molar-refractivity contribution in [1.29, 1.82) is 0 Å². The van der Waals surface area contributed by atoms with Gasteiger partial charge in [0.15, 0.2) is 0 Å². The average Bonchev–Trinajstić information content (AvgIpc) is 2.74. The molecule has 2 aromatic carbocycles. The molecule has 0 unspecified atom stereocenters. The molecule has 28 heavy (non-hydrogen) atoms. The van der Waals surface area contributed by atoms with Crippen LogP contribution in [0, 0.1) is 0 Å². The van der Waals surface area contributed by atoms with Gasteiger partial charge in [-0.25, -0.2) is 0 Å². The van der Waals surface area contributed by atoms with Crippen LogP contribution in [0.4, 0.5) is 0 Å². The van der Waals surface area contributed by atoms with Crippen LogP contribution < -0.4 is 5.32 Å². The van der Waals surface area contributed by atoms with Gasteiger partial charge in [0.2, 0.25) is 11.8 Å². The molecule has 150 valence electrons. The fourth-order valence-electron chi connectivity index (χ4n) is 3.01. The first-order valence-corrected chi connectivity index (χ1v) is 10.9. The summed E-state index contributed by atoms with van der Waals surface area (Å²) in [6.07, 6.45) is 2.22. The molecule has 1 N–H and O–H groups in total. The lowest BCUT2D eigenvalue weighted by atomic mass is 10.1. The minimum atomic E-state index is -0.431. The van der Waals surface area contributed by atoms with Crippen LogP contribution in [-0.2, 0) is 16.0 Å².